The van der Waals surface area contributed by atoms with Crippen LogP contribution in [0.3, 0.4) is 0 Å². The molecule has 1 aliphatic heterocycles. The lowest BCUT2D eigenvalue weighted by atomic mass is 9.73. The highest BCUT2D eigenvalue weighted by Gasteiger charge is 2.42. The highest BCUT2D eigenvalue weighted by molar-refractivity contribution is 6.37. The Labute approximate surface area is 196 Å². The number of pyridine rings is 1. The summed E-state index contributed by atoms with van der Waals surface area (Å²) in [5, 5.41) is 0.878. The molecule has 160 valence electrons. The average molecular weight is 463 g/mol. The van der Waals surface area contributed by atoms with Crippen LogP contribution in [0.15, 0.2) is 84.3 Å². The summed E-state index contributed by atoms with van der Waals surface area (Å²) >= 11 is 12.6. The number of amides is 1. The van der Waals surface area contributed by atoms with Gasteiger partial charge in [-0.3, -0.25) is 19.5 Å². The first-order chi connectivity index (χ1) is 15.5. The number of carbonyl (C=O) groups excluding carboxylic acids is 2. The van der Waals surface area contributed by atoms with Crippen LogP contribution in [0.1, 0.15) is 42.2 Å². The molecule has 1 aliphatic carbocycles. The van der Waals surface area contributed by atoms with Crippen LogP contribution in [-0.2, 0) is 9.59 Å². The third-order valence-corrected chi connectivity index (χ3v) is 6.80. The van der Waals surface area contributed by atoms with E-state index >= 15 is 0 Å². The summed E-state index contributed by atoms with van der Waals surface area (Å²) in [6.07, 6.45) is 4.59. The first kappa shape index (κ1) is 20.9. The number of nitrogens with zero attached hydrogens (tertiary/aromatic N) is 2. The molecule has 32 heavy (non-hydrogen) atoms. The Bertz CT molecular complexity index is 1230. The second-order valence-corrected chi connectivity index (χ2v) is 9.01. The van der Waals surface area contributed by atoms with Crippen molar-refractivity contribution in [3.05, 3.63) is 105 Å². The molecule has 6 heteroatoms. The summed E-state index contributed by atoms with van der Waals surface area (Å²) in [5.74, 6) is -0.298. The molecule has 0 radical (unpaired) electrons. The van der Waals surface area contributed by atoms with E-state index in [0.29, 0.717) is 34.1 Å². The minimum Gasteiger partial charge on any atom is -0.294 e. The van der Waals surface area contributed by atoms with E-state index in [1.807, 2.05) is 42.5 Å². The molecular formula is C26H20Cl2N2O2. The number of anilines is 1. The summed E-state index contributed by atoms with van der Waals surface area (Å²) < 4.78 is 0. The van der Waals surface area contributed by atoms with Gasteiger partial charge in [-0.15, -0.1) is 0 Å². The van der Waals surface area contributed by atoms with Crippen LogP contribution in [0, 0.1) is 0 Å². The van der Waals surface area contributed by atoms with Crippen LogP contribution >= 0.6 is 23.2 Å². The van der Waals surface area contributed by atoms with Gasteiger partial charge in [0.1, 0.15) is 0 Å². The number of ketones is 1. The third-order valence-electron chi connectivity index (χ3n) is 6.26. The van der Waals surface area contributed by atoms with Crippen molar-refractivity contribution in [2.75, 3.05) is 4.90 Å². The van der Waals surface area contributed by atoms with Crippen LogP contribution in [0.5, 0.6) is 0 Å². The Morgan fingerprint density at radius 2 is 1.59 bits per heavy atom. The molecule has 5 rings (SSSR count). The van der Waals surface area contributed by atoms with E-state index in [1.54, 1.807) is 35.5 Å². The van der Waals surface area contributed by atoms with Crippen molar-refractivity contribution in [3.63, 3.8) is 0 Å². The molecule has 0 fully saturated rings. The SMILES string of the molecule is O=C1CC(c2ccccc2)CC2=C1C(c1ccncc1)CC(=O)N2c1ccc(Cl)cc1Cl. The first-order valence-electron chi connectivity index (χ1n) is 10.5. The number of aromatic nitrogens is 1. The fourth-order valence-corrected chi connectivity index (χ4v) is 5.31. The van der Waals surface area contributed by atoms with Crippen molar-refractivity contribution in [2.45, 2.75) is 31.1 Å². The van der Waals surface area contributed by atoms with E-state index in [9.17, 15) is 9.59 Å². The molecule has 0 saturated heterocycles. The topological polar surface area (TPSA) is 50.3 Å². The van der Waals surface area contributed by atoms with Crippen LogP contribution in [0.2, 0.25) is 10.0 Å². The summed E-state index contributed by atoms with van der Waals surface area (Å²) in [6, 6.07) is 18.8. The number of carbonyl (C=O) groups is 2. The molecule has 0 N–H and O–H groups in total. The lowest BCUT2D eigenvalue weighted by molar-refractivity contribution is -0.120. The van der Waals surface area contributed by atoms with E-state index in [0.717, 1.165) is 16.8 Å². The Balaban J connectivity index is 1.67. The number of hydrogen-bond acceptors (Lipinski definition) is 3. The number of halogens is 2. The monoisotopic (exact) mass is 462 g/mol. The number of allylic oxidation sites excluding steroid dienone is 2. The lowest BCUT2D eigenvalue weighted by Gasteiger charge is -2.40. The molecule has 1 aromatic heterocycles. The molecule has 1 amide bonds. The summed E-state index contributed by atoms with van der Waals surface area (Å²) in [5.41, 5.74) is 4.01. The maximum atomic E-state index is 13.6. The maximum absolute atomic E-state index is 13.6. The van der Waals surface area contributed by atoms with Gasteiger partial charge in [-0.1, -0.05) is 53.5 Å². The smallest absolute Gasteiger partial charge is 0.232 e. The minimum atomic E-state index is -0.285. The molecular weight excluding hydrogens is 443 g/mol. The molecule has 4 nitrogen and oxygen atoms in total. The van der Waals surface area contributed by atoms with Crippen LogP contribution in [-0.4, -0.2) is 16.7 Å². The molecule has 0 spiro atoms. The Kier molecular flexibility index (Phi) is 5.58. The maximum Gasteiger partial charge on any atom is 0.232 e. The molecule has 0 saturated carbocycles. The lowest BCUT2D eigenvalue weighted by Crippen LogP contribution is -2.42. The zero-order chi connectivity index (χ0) is 22.2. The van der Waals surface area contributed by atoms with Gasteiger partial charge in [0, 0.05) is 47.4 Å². The van der Waals surface area contributed by atoms with Gasteiger partial charge in [-0.25, -0.2) is 0 Å². The van der Waals surface area contributed by atoms with Crippen molar-refractivity contribution in [1.29, 1.82) is 0 Å². The minimum absolute atomic E-state index is 0.0000146. The zero-order valence-corrected chi connectivity index (χ0v) is 18.7. The van der Waals surface area contributed by atoms with Crippen LogP contribution in [0.25, 0.3) is 0 Å². The van der Waals surface area contributed by atoms with Crippen molar-refractivity contribution in [2.24, 2.45) is 0 Å². The Morgan fingerprint density at radius 3 is 2.31 bits per heavy atom. The highest BCUT2D eigenvalue weighted by atomic mass is 35.5. The van der Waals surface area contributed by atoms with Gasteiger partial charge in [0.25, 0.3) is 0 Å². The number of hydrogen-bond donors (Lipinski definition) is 0. The van der Waals surface area contributed by atoms with Gasteiger partial charge in [-0.2, -0.15) is 0 Å². The van der Waals surface area contributed by atoms with Gasteiger partial charge in [-0.05, 0) is 53.8 Å². The second kappa shape index (κ2) is 8.53. The standard InChI is InChI=1S/C26H20Cl2N2O2/c27-19-6-7-22(21(28)14-19)30-23-12-18(16-4-2-1-3-5-16)13-24(31)26(23)20(15-25(30)32)17-8-10-29-11-9-17/h1-11,14,18,20H,12-13,15H2. The Morgan fingerprint density at radius 1 is 0.844 bits per heavy atom. The zero-order valence-electron chi connectivity index (χ0n) is 17.2. The predicted molar refractivity (Wildman–Crippen MR) is 126 cm³/mol. The van der Waals surface area contributed by atoms with Crippen molar-refractivity contribution in [1.82, 2.24) is 4.98 Å². The van der Waals surface area contributed by atoms with Gasteiger partial charge < -0.3 is 0 Å². The van der Waals surface area contributed by atoms with Crippen molar-refractivity contribution >= 4 is 40.6 Å². The van der Waals surface area contributed by atoms with E-state index in [4.69, 9.17) is 23.2 Å². The fraction of sp³-hybridized carbons (Fsp3) is 0.192. The van der Waals surface area contributed by atoms with Gasteiger partial charge in [0.15, 0.2) is 5.78 Å². The molecule has 0 bridgehead atoms. The fourth-order valence-electron chi connectivity index (χ4n) is 4.82. The van der Waals surface area contributed by atoms with Gasteiger partial charge in [0.05, 0.1) is 10.7 Å². The first-order valence-corrected chi connectivity index (χ1v) is 11.3. The quantitative estimate of drug-likeness (QED) is 0.458. The normalized spacial score (nSPS) is 21.0. The largest absolute Gasteiger partial charge is 0.294 e. The van der Waals surface area contributed by atoms with Gasteiger partial charge in [0.2, 0.25) is 5.91 Å². The van der Waals surface area contributed by atoms with Gasteiger partial charge >= 0.3 is 0 Å². The van der Waals surface area contributed by atoms with Crippen LogP contribution < -0.4 is 4.90 Å². The van der Waals surface area contributed by atoms with Crippen molar-refractivity contribution in [3.8, 4) is 0 Å². The Hall–Kier alpha value is -2.95. The predicted octanol–water partition coefficient (Wildman–Crippen LogP) is 6.31. The molecule has 2 atom stereocenters. The van der Waals surface area contributed by atoms with Crippen molar-refractivity contribution < 1.29 is 9.59 Å². The molecule has 3 aromatic rings. The number of benzene rings is 2. The average Bonchev–Trinajstić information content (AvgIpc) is 2.80. The summed E-state index contributed by atoms with van der Waals surface area (Å²) in [7, 11) is 0. The summed E-state index contributed by atoms with van der Waals surface area (Å²) in [4.78, 5) is 32.8. The number of Topliss-reactive ketones (excluding diaryl/α,β-unsaturated/α-hetero) is 1. The molecule has 2 aliphatic rings. The molecule has 2 heterocycles. The molecule has 2 aromatic carbocycles. The molecule has 2 unspecified atom stereocenters. The third kappa shape index (κ3) is 3.74. The summed E-state index contributed by atoms with van der Waals surface area (Å²) in [6.45, 7) is 0. The van der Waals surface area contributed by atoms with E-state index in [-0.39, 0.29) is 29.9 Å². The van der Waals surface area contributed by atoms with E-state index < -0.39 is 0 Å². The second-order valence-electron chi connectivity index (χ2n) is 8.16. The number of rotatable bonds is 3. The van der Waals surface area contributed by atoms with Crippen LogP contribution in [0.4, 0.5) is 5.69 Å². The van der Waals surface area contributed by atoms with E-state index in [2.05, 4.69) is 4.98 Å². The van der Waals surface area contributed by atoms with E-state index in [1.165, 1.54) is 0 Å². The highest BCUT2D eigenvalue weighted by Crippen LogP contribution is 2.48.